The summed E-state index contributed by atoms with van der Waals surface area (Å²) in [6.07, 6.45) is 1.24. The van der Waals surface area contributed by atoms with Crippen LogP contribution in [0.4, 0.5) is 0 Å². The van der Waals surface area contributed by atoms with E-state index in [1.807, 2.05) is 24.3 Å². The number of halogens is 4. The van der Waals surface area contributed by atoms with Crippen LogP contribution in [0.2, 0.25) is 10.3 Å². The molecular formula is C24H20Cl3IN4O6. The molecular weight excluding hydrogens is 674 g/mol. The molecule has 2 heterocycles. The Labute approximate surface area is 241 Å². The minimum atomic E-state index is -4.94. The molecule has 2 aromatic heterocycles. The van der Waals surface area contributed by atoms with Gasteiger partial charge in [-0.25, -0.2) is 18.6 Å². The highest BCUT2D eigenvalue weighted by Crippen LogP contribution is 2.22. The van der Waals surface area contributed by atoms with Gasteiger partial charge in [0.15, 0.2) is 17.4 Å². The normalized spacial score (nSPS) is 10.9. The van der Waals surface area contributed by atoms with Crippen molar-refractivity contribution in [3.05, 3.63) is 101 Å². The Hall–Kier alpha value is -2.36. The molecule has 10 nitrogen and oxygen atoms in total. The van der Waals surface area contributed by atoms with Gasteiger partial charge in [-0.05, 0) is 60.7 Å². The van der Waals surface area contributed by atoms with E-state index in [-0.39, 0.29) is 0 Å². The summed E-state index contributed by atoms with van der Waals surface area (Å²) in [4.78, 5) is 0. The summed E-state index contributed by atoms with van der Waals surface area (Å²) < 4.78 is 47.7. The van der Waals surface area contributed by atoms with Gasteiger partial charge < -0.3 is 9.47 Å². The average Bonchev–Trinajstić information content (AvgIpc) is 2.86. The summed E-state index contributed by atoms with van der Waals surface area (Å²) >= 11 is 11.3. The molecule has 0 unspecified atom stereocenters. The summed E-state index contributed by atoms with van der Waals surface area (Å²) in [5.41, 5.74) is 3.81. The summed E-state index contributed by atoms with van der Waals surface area (Å²) in [5, 5.41) is 17.0. The van der Waals surface area contributed by atoms with Crippen molar-refractivity contribution in [2.24, 2.45) is 0 Å². The van der Waals surface area contributed by atoms with Gasteiger partial charge in [0.25, 0.3) is 0 Å². The maximum absolute atomic E-state index is 8.49. The second-order valence-corrected chi connectivity index (χ2v) is 12.0. The second-order valence-electron chi connectivity index (χ2n) is 7.43. The molecule has 0 amide bonds. The SMILES string of the molecule is COc1ccc([I+]c2ccc(OC)c(Cc3ccc(Cl)nn3)c2)cc1Cc1ccc(Cl)nn1.[O-][Cl+3]([O-])([O-])[O-]. The molecule has 4 rings (SSSR count). The fraction of sp³-hybridized carbons (Fsp3) is 0.167. The Morgan fingerprint density at radius 1 is 0.658 bits per heavy atom. The molecule has 0 fully saturated rings. The van der Waals surface area contributed by atoms with Crippen LogP contribution in [0.3, 0.4) is 0 Å². The minimum Gasteiger partial charge on any atom is -0.496 e. The van der Waals surface area contributed by atoms with Gasteiger partial charge in [-0.3, -0.25) is 0 Å². The fourth-order valence-electron chi connectivity index (χ4n) is 3.28. The lowest BCUT2D eigenvalue weighted by atomic mass is 10.1. The highest BCUT2D eigenvalue weighted by atomic mass is 127. The van der Waals surface area contributed by atoms with Crippen molar-refractivity contribution in [3.63, 3.8) is 0 Å². The lowest BCUT2D eigenvalue weighted by molar-refractivity contribution is -2.00. The summed E-state index contributed by atoms with van der Waals surface area (Å²) in [7, 11) is -1.59. The Balaban J connectivity index is 0.000000732. The van der Waals surface area contributed by atoms with Crippen molar-refractivity contribution in [2.75, 3.05) is 14.2 Å². The first-order valence-electron chi connectivity index (χ1n) is 10.6. The molecule has 0 atom stereocenters. The molecule has 4 aromatic rings. The molecule has 0 radical (unpaired) electrons. The third kappa shape index (κ3) is 10.1. The van der Waals surface area contributed by atoms with Crippen molar-refractivity contribution in [1.29, 1.82) is 0 Å². The number of methoxy groups -OCH3 is 2. The monoisotopic (exact) mass is 692 g/mol. The van der Waals surface area contributed by atoms with E-state index in [2.05, 4.69) is 44.7 Å². The van der Waals surface area contributed by atoms with Gasteiger partial charge in [-0.2, -0.15) is 10.2 Å². The Morgan fingerprint density at radius 2 is 1.05 bits per heavy atom. The second kappa shape index (κ2) is 14.1. The molecule has 0 aliphatic rings. The molecule has 38 heavy (non-hydrogen) atoms. The highest BCUT2D eigenvalue weighted by Gasteiger charge is 2.20. The summed E-state index contributed by atoms with van der Waals surface area (Å²) in [5.74, 6) is 1.66. The number of hydrogen-bond acceptors (Lipinski definition) is 10. The van der Waals surface area contributed by atoms with Crippen LogP contribution in [-0.4, -0.2) is 34.6 Å². The van der Waals surface area contributed by atoms with Crippen LogP contribution in [0.15, 0.2) is 60.7 Å². The van der Waals surface area contributed by atoms with Gasteiger partial charge in [0, 0.05) is 24.0 Å². The minimum absolute atomic E-state index is 0.380. The van der Waals surface area contributed by atoms with E-state index < -0.39 is 31.4 Å². The van der Waals surface area contributed by atoms with Crippen LogP contribution in [0.25, 0.3) is 0 Å². The molecule has 0 saturated carbocycles. The number of hydrogen-bond donors (Lipinski definition) is 0. The largest absolute Gasteiger partial charge is 0.496 e. The Bertz CT molecular complexity index is 1240. The van der Waals surface area contributed by atoms with E-state index in [0.29, 0.717) is 23.1 Å². The van der Waals surface area contributed by atoms with E-state index in [1.54, 1.807) is 26.4 Å². The highest BCUT2D eigenvalue weighted by molar-refractivity contribution is 6.29. The maximum atomic E-state index is 8.49. The van der Waals surface area contributed by atoms with E-state index >= 15 is 0 Å². The van der Waals surface area contributed by atoms with Gasteiger partial charge in [-0.15, -0.1) is 20.4 Å². The number of aromatic nitrogens is 4. The Morgan fingerprint density at radius 3 is 1.37 bits per heavy atom. The van der Waals surface area contributed by atoms with Gasteiger partial charge in [0.2, 0.25) is 0 Å². The lowest BCUT2D eigenvalue weighted by Gasteiger charge is -2.17. The van der Waals surface area contributed by atoms with Crippen molar-refractivity contribution in [3.8, 4) is 11.5 Å². The smallest absolute Gasteiger partial charge is 0.357 e. The quantitative estimate of drug-likeness (QED) is 0.176. The summed E-state index contributed by atoms with van der Waals surface area (Å²) in [6, 6.07) is 19.9. The molecule has 0 spiro atoms. The number of rotatable bonds is 8. The molecule has 0 bridgehead atoms. The number of ether oxygens (including phenoxy) is 2. The van der Waals surface area contributed by atoms with Gasteiger partial charge in [0.1, 0.15) is 11.5 Å². The van der Waals surface area contributed by atoms with Crippen LogP contribution in [0.1, 0.15) is 22.5 Å². The topological polar surface area (TPSA) is 162 Å². The van der Waals surface area contributed by atoms with Crippen LogP contribution in [-0.2, 0) is 12.8 Å². The molecule has 0 aliphatic heterocycles. The van der Waals surface area contributed by atoms with Crippen molar-refractivity contribution in [2.45, 2.75) is 12.8 Å². The maximum Gasteiger partial charge on any atom is 0.357 e. The third-order valence-corrected chi connectivity index (χ3v) is 7.81. The standard InChI is InChI=1S/C24H20Cl2IN4O2.ClHO4/c1-32-21-7-3-17(11-15(21)13-19-5-9-23(25)30-28-19)27-18-4-8-22(33-2)16(12-18)14-20-6-10-24(26)31-29-20;2-1(3,4)5/h3-12H,13-14H2,1-2H3;(H,2,3,4,5)/q+1;/p-1. The van der Waals surface area contributed by atoms with E-state index in [0.717, 1.165) is 34.0 Å². The van der Waals surface area contributed by atoms with Gasteiger partial charge >= 0.3 is 21.2 Å². The van der Waals surface area contributed by atoms with Crippen LogP contribution < -0.4 is 49.3 Å². The van der Waals surface area contributed by atoms with Crippen molar-refractivity contribution in [1.82, 2.24) is 20.4 Å². The predicted molar refractivity (Wildman–Crippen MR) is 123 cm³/mol. The first-order valence-corrected chi connectivity index (χ1v) is 14.8. The zero-order chi connectivity index (χ0) is 27.7. The van der Waals surface area contributed by atoms with Crippen LogP contribution in [0.5, 0.6) is 11.5 Å². The zero-order valence-electron chi connectivity index (χ0n) is 19.9. The fourth-order valence-corrected chi connectivity index (χ4v) is 5.98. The van der Waals surface area contributed by atoms with E-state index in [1.165, 1.54) is 7.14 Å². The zero-order valence-corrected chi connectivity index (χ0v) is 24.4. The lowest BCUT2D eigenvalue weighted by Crippen LogP contribution is -3.61. The van der Waals surface area contributed by atoms with E-state index in [4.69, 9.17) is 51.3 Å². The van der Waals surface area contributed by atoms with Crippen molar-refractivity contribution >= 4 is 23.2 Å². The Kier molecular flexibility index (Phi) is 11.2. The van der Waals surface area contributed by atoms with Crippen molar-refractivity contribution < 1.29 is 59.6 Å². The third-order valence-electron chi connectivity index (χ3n) is 4.82. The molecule has 200 valence electrons. The average molecular weight is 694 g/mol. The van der Waals surface area contributed by atoms with Crippen LogP contribution >= 0.6 is 23.2 Å². The summed E-state index contributed by atoms with van der Waals surface area (Å²) in [6.45, 7) is 0. The number of benzene rings is 2. The first-order chi connectivity index (χ1) is 18.0. The molecule has 0 aliphatic carbocycles. The first kappa shape index (κ1) is 30.2. The molecule has 0 saturated heterocycles. The molecule has 2 aromatic carbocycles. The number of nitrogens with zero attached hydrogens (tertiary/aromatic N) is 4. The molecule has 14 heteroatoms. The molecule has 0 N–H and O–H groups in total. The predicted octanol–water partition coefficient (Wildman–Crippen LogP) is -2.86. The van der Waals surface area contributed by atoms with Gasteiger partial charge in [-0.1, -0.05) is 23.2 Å². The van der Waals surface area contributed by atoms with Crippen LogP contribution in [0, 0.1) is 17.4 Å². The van der Waals surface area contributed by atoms with Gasteiger partial charge in [0.05, 0.1) is 25.6 Å². The van der Waals surface area contributed by atoms with E-state index in [9.17, 15) is 0 Å².